The van der Waals surface area contributed by atoms with Gasteiger partial charge in [0, 0.05) is 0 Å². The minimum Gasteiger partial charge on any atom is -0.495 e. The molecule has 0 bridgehead atoms. The molecular formula is C9H11BrN2O3. The third-order valence-corrected chi connectivity index (χ3v) is 2.59. The first-order valence-corrected chi connectivity index (χ1v) is 4.85. The molecule has 0 amide bonds. The second-order valence-corrected chi connectivity index (χ2v) is 3.76. The Hall–Kier alpha value is -1.27. The fourth-order valence-electron chi connectivity index (χ4n) is 1.23. The monoisotopic (exact) mass is 274 g/mol. The van der Waals surface area contributed by atoms with Crippen LogP contribution in [-0.4, -0.2) is 13.1 Å². The molecule has 0 aliphatic carbocycles. The van der Waals surface area contributed by atoms with Crippen molar-refractivity contribution in [2.24, 2.45) is 5.90 Å². The lowest BCUT2D eigenvalue weighted by atomic mass is 10.1. The van der Waals surface area contributed by atoms with E-state index in [4.69, 9.17) is 16.4 Å². The summed E-state index contributed by atoms with van der Waals surface area (Å²) in [6, 6.07) is 1.75. The van der Waals surface area contributed by atoms with Gasteiger partial charge in [-0.2, -0.15) is 5.90 Å². The molecule has 82 valence electrons. The molecule has 5 nitrogen and oxygen atoms in total. The topological polar surface area (TPSA) is 87.6 Å². The molecule has 0 aromatic heterocycles. The Labute approximate surface area is 95.4 Å². The third-order valence-electron chi connectivity index (χ3n) is 2.00. The van der Waals surface area contributed by atoms with Crippen molar-refractivity contribution in [2.45, 2.75) is 6.92 Å². The van der Waals surface area contributed by atoms with E-state index >= 15 is 0 Å². The Morgan fingerprint density at radius 1 is 1.53 bits per heavy atom. The highest BCUT2D eigenvalue weighted by Gasteiger charge is 2.21. The number of benzene rings is 1. The number of nitrogens with two attached hydrogens (primary N) is 2. The molecule has 15 heavy (non-hydrogen) atoms. The van der Waals surface area contributed by atoms with Gasteiger partial charge in [0.15, 0.2) is 0 Å². The summed E-state index contributed by atoms with van der Waals surface area (Å²) in [6.07, 6.45) is 0. The minimum absolute atomic E-state index is 0.131. The Kier molecular flexibility index (Phi) is 3.54. The number of ether oxygens (including phenoxy) is 1. The lowest BCUT2D eigenvalue weighted by molar-refractivity contribution is 0.0501. The zero-order chi connectivity index (χ0) is 11.6. The van der Waals surface area contributed by atoms with Crippen LogP contribution in [0.2, 0.25) is 0 Å². The first kappa shape index (κ1) is 11.8. The lowest BCUT2D eigenvalue weighted by Crippen LogP contribution is -2.14. The van der Waals surface area contributed by atoms with E-state index in [1.807, 2.05) is 0 Å². The molecule has 0 unspecified atom stereocenters. The molecule has 1 aromatic rings. The van der Waals surface area contributed by atoms with Crippen LogP contribution in [-0.2, 0) is 4.84 Å². The number of halogens is 1. The van der Waals surface area contributed by atoms with Gasteiger partial charge in [-0.05, 0) is 34.5 Å². The van der Waals surface area contributed by atoms with E-state index in [0.717, 1.165) is 5.56 Å². The molecule has 0 saturated carbocycles. The van der Waals surface area contributed by atoms with Crippen molar-refractivity contribution in [3.05, 3.63) is 21.7 Å². The molecule has 0 aliphatic rings. The maximum atomic E-state index is 11.4. The molecular weight excluding hydrogens is 264 g/mol. The van der Waals surface area contributed by atoms with Crippen molar-refractivity contribution in [1.82, 2.24) is 0 Å². The molecule has 0 spiro atoms. The fraction of sp³-hybridized carbons (Fsp3) is 0.222. The van der Waals surface area contributed by atoms with Gasteiger partial charge in [-0.15, -0.1) is 0 Å². The second kappa shape index (κ2) is 4.50. The largest absolute Gasteiger partial charge is 0.495 e. The summed E-state index contributed by atoms with van der Waals surface area (Å²) in [5.41, 5.74) is 6.91. The first-order chi connectivity index (χ1) is 7.02. The highest BCUT2D eigenvalue weighted by molar-refractivity contribution is 9.10. The summed E-state index contributed by atoms with van der Waals surface area (Å²) in [7, 11) is 1.43. The number of carbonyl (C=O) groups excluding carboxylic acids is 1. The quantitative estimate of drug-likeness (QED) is 0.628. The highest BCUT2D eigenvalue weighted by atomic mass is 79.9. The maximum Gasteiger partial charge on any atom is 0.362 e. The number of carbonyl (C=O) groups is 1. The van der Waals surface area contributed by atoms with Gasteiger partial charge in [-0.3, -0.25) is 0 Å². The van der Waals surface area contributed by atoms with Gasteiger partial charge in [-0.25, -0.2) is 4.79 Å². The fourth-order valence-corrected chi connectivity index (χ4v) is 1.94. The van der Waals surface area contributed by atoms with Gasteiger partial charge in [0.25, 0.3) is 0 Å². The van der Waals surface area contributed by atoms with Crippen molar-refractivity contribution >= 4 is 27.6 Å². The van der Waals surface area contributed by atoms with Gasteiger partial charge < -0.3 is 15.3 Å². The molecule has 1 aromatic carbocycles. The normalized spacial score (nSPS) is 9.87. The smallest absolute Gasteiger partial charge is 0.362 e. The molecule has 1 rings (SSSR count). The molecule has 0 radical (unpaired) electrons. The van der Waals surface area contributed by atoms with E-state index in [1.54, 1.807) is 13.0 Å². The Balaban J connectivity index is 3.50. The van der Waals surface area contributed by atoms with Crippen LogP contribution in [0, 0.1) is 6.92 Å². The van der Waals surface area contributed by atoms with E-state index in [2.05, 4.69) is 20.8 Å². The minimum atomic E-state index is -0.728. The summed E-state index contributed by atoms with van der Waals surface area (Å²) in [4.78, 5) is 15.5. The van der Waals surface area contributed by atoms with Crippen molar-refractivity contribution in [2.75, 3.05) is 12.8 Å². The number of anilines is 1. The summed E-state index contributed by atoms with van der Waals surface area (Å²) in [6.45, 7) is 1.77. The summed E-state index contributed by atoms with van der Waals surface area (Å²) >= 11 is 3.26. The van der Waals surface area contributed by atoms with Gasteiger partial charge >= 0.3 is 5.97 Å². The van der Waals surface area contributed by atoms with E-state index < -0.39 is 5.97 Å². The summed E-state index contributed by atoms with van der Waals surface area (Å²) < 4.78 is 5.67. The Bertz CT molecular complexity index is 407. The zero-order valence-corrected chi connectivity index (χ0v) is 9.92. The summed E-state index contributed by atoms with van der Waals surface area (Å²) in [5, 5.41) is 0. The third kappa shape index (κ3) is 2.05. The van der Waals surface area contributed by atoms with E-state index in [0.29, 0.717) is 15.9 Å². The zero-order valence-electron chi connectivity index (χ0n) is 8.33. The van der Waals surface area contributed by atoms with Crippen LogP contribution in [0.15, 0.2) is 10.5 Å². The number of nitrogen functional groups attached to an aromatic ring is 1. The molecule has 0 aliphatic heterocycles. The lowest BCUT2D eigenvalue weighted by Gasteiger charge is -2.13. The first-order valence-electron chi connectivity index (χ1n) is 4.06. The van der Waals surface area contributed by atoms with Gasteiger partial charge in [-0.1, -0.05) is 0 Å². The molecule has 6 heteroatoms. The van der Waals surface area contributed by atoms with E-state index in [1.165, 1.54) is 7.11 Å². The van der Waals surface area contributed by atoms with Crippen molar-refractivity contribution in [3.8, 4) is 5.75 Å². The number of rotatable bonds is 2. The number of hydrogen-bond donors (Lipinski definition) is 2. The summed E-state index contributed by atoms with van der Waals surface area (Å²) in [5.74, 6) is 4.41. The number of aryl methyl sites for hydroxylation is 1. The van der Waals surface area contributed by atoms with Crippen LogP contribution in [0.1, 0.15) is 15.9 Å². The maximum absolute atomic E-state index is 11.4. The molecule has 0 heterocycles. The van der Waals surface area contributed by atoms with Crippen LogP contribution < -0.4 is 16.4 Å². The van der Waals surface area contributed by atoms with Crippen molar-refractivity contribution < 1.29 is 14.4 Å². The van der Waals surface area contributed by atoms with E-state index in [9.17, 15) is 4.79 Å². The second-order valence-electron chi connectivity index (χ2n) is 2.90. The average molecular weight is 275 g/mol. The number of methoxy groups -OCH3 is 1. The van der Waals surface area contributed by atoms with Crippen molar-refractivity contribution in [1.29, 1.82) is 0 Å². The predicted molar refractivity (Wildman–Crippen MR) is 59.4 cm³/mol. The van der Waals surface area contributed by atoms with Crippen molar-refractivity contribution in [3.63, 3.8) is 0 Å². The predicted octanol–water partition coefficient (Wildman–Crippen LogP) is 1.38. The molecule has 0 atom stereocenters. The molecule has 0 fully saturated rings. The Morgan fingerprint density at radius 2 is 2.13 bits per heavy atom. The molecule has 0 saturated heterocycles. The van der Waals surface area contributed by atoms with Gasteiger partial charge in [0.2, 0.25) is 0 Å². The Morgan fingerprint density at radius 3 is 2.60 bits per heavy atom. The average Bonchev–Trinajstić information content (AvgIpc) is 2.21. The number of hydrogen-bond acceptors (Lipinski definition) is 5. The standard InChI is InChI=1S/C9H11BrN2O3/c1-4-3-5(10)8(14-2)6(7(4)11)9(13)15-12/h3H,11-12H2,1-2H3. The van der Waals surface area contributed by atoms with Crippen LogP contribution in [0.4, 0.5) is 5.69 Å². The van der Waals surface area contributed by atoms with Crippen LogP contribution >= 0.6 is 15.9 Å². The highest BCUT2D eigenvalue weighted by Crippen LogP contribution is 2.35. The SMILES string of the molecule is COc1c(Br)cc(C)c(N)c1C(=O)ON. The molecule has 4 N–H and O–H groups in total. The van der Waals surface area contributed by atoms with Crippen LogP contribution in [0.25, 0.3) is 0 Å². The van der Waals surface area contributed by atoms with E-state index in [-0.39, 0.29) is 5.56 Å². The van der Waals surface area contributed by atoms with Gasteiger partial charge in [0.1, 0.15) is 11.3 Å². The van der Waals surface area contributed by atoms with Crippen LogP contribution in [0.3, 0.4) is 0 Å². The van der Waals surface area contributed by atoms with Gasteiger partial charge in [0.05, 0.1) is 17.3 Å². The van der Waals surface area contributed by atoms with Crippen LogP contribution in [0.5, 0.6) is 5.75 Å².